The molecule has 0 aliphatic heterocycles. The van der Waals surface area contributed by atoms with Crippen molar-refractivity contribution in [2.24, 2.45) is 5.92 Å². The van der Waals surface area contributed by atoms with Crippen LogP contribution >= 0.6 is 0 Å². The van der Waals surface area contributed by atoms with Crippen molar-refractivity contribution in [3.05, 3.63) is 48.6 Å². The van der Waals surface area contributed by atoms with Crippen LogP contribution in [0, 0.1) is 5.92 Å². The van der Waals surface area contributed by atoms with Crippen molar-refractivity contribution in [3.8, 4) is 0 Å². The Morgan fingerprint density at radius 3 is 2.00 bits per heavy atom. The minimum Gasteiger partial charge on any atom is -0.103 e. The van der Waals surface area contributed by atoms with Gasteiger partial charge >= 0.3 is 0 Å². The number of hydrogen-bond acceptors (Lipinski definition) is 0. The molecule has 0 unspecified atom stereocenters. The standard InChI is InChI=1S/2C8H14.C8H12/c3*1-2-5-8-6-3-4-7-8/h6H,2-5,7H2,1H3;2,8H,1,3-7H2;2,6H,1,3-5,7H2. The summed E-state index contributed by atoms with van der Waals surface area (Å²) in [6.07, 6.45) is 27.7. The molecule has 0 heterocycles. The summed E-state index contributed by atoms with van der Waals surface area (Å²) >= 11 is 0. The van der Waals surface area contributed by atoms with Crippen molar-refractivity contribution >= 4 is 0 Å². The molecule has 0 aromatic heterocycles. The number of hydrogen-bond donors (Lipinski definition) is 0. The van der Waals surface area contributed by atoms with Gasteiger partial charge in [-0.15, -0.1) is 13.2 Å². The van der Waals surface area contributed by atoms with Gasteiger partial charge in [-0.2, -0.15) is 0 Å². The lowest BCUT2D eigenvalue weighted by molar-refractivity contribution is 0.558. The van der Waals surface area contributed by atoms with E-state index in [0.717, 1.165) is 12.3 Å². The van der Waals surface area contributed by atoms with Crippen LogP contribution in [0.3, 0.4) is 0 Å². The average molecular weight is 329 g/mol. The van der Waals surface area contributed by atoms with Crippen LogP contribution in [0.25, 0.3) is 0 Å². The molecule has 0 nitrogen and oxygen atoms in total. The number of rotatable bonds is 6. The Labute approximate surface area is 151 Å². The van der Waals surface area contributed by atoms with E-state index in [-0.39, 0.29) is 0 Å². The summed E-state index contributed by atoms with van der Waals surface area (Å²) in [6.45, 7) is 9.66. The van der Waals surface area contributed by atoms with Gasteiger partial charge in [0.05, 0.1) is 0 Å². The molecule has 3 aliphatic carbocycles. The van der Waals surface area contributed by atoms with Crippen LogP contribution in [0.15, 0.2) is 48.6 Å². The van der Waals surface area contributed by atoms with Crippen molar-refractivity contribution in [2.75, 3.05) is 0 Å². The minimum atomic E-state index is 0.993. The zero-order valence-corrected chi connectivity index (χ0v) is 16.2. The third kappa shape index (κ3) is 9.96. The second kappa shape index (κ2) is 14.3. The Morgan fingerprint density at radius 1 is 0.917 bits per heavy atom. The second-order valence-corrected chi connectivity index (χ2v) is 7.43. The largest absolute Gasteiger partial charge is 0.103 e. The van der Waals surface area contributed by atoms with Gasteiger partial charge in [-0.25, -0.2) is 0 Å². The first-order valence-electron chi connectivity index (χ1n) is 10.4. The maximum Gasteiger partial charge on any atom is -0.0142 e. The van der Waals surface area contributed by atoms with Gasteiger partial charge in [0.2, 0.25) is 0 Å². The molecular weight excluding hydrogens is 288 g/mol. The summed E-state index contributed by atoms with van der Waals surface area (Å²) in [7, 11) is 0. The molecule has 0 bridgehead atoms. The smallest absolute Gasteiger partial charge is 0.0142 e. The maximum atomic E-state index is 3.72. The van der Waals surface area contributed by atoms with Gasteiger partial charge in [0, 0.05) is 0 Å². The van der Waals surface area contributed by atoms with Crippen LogP contribution in [0.4, 0.5) is 0 Å². The topological polar surface area (TPSA) is 0 Å². The van der Waals surface area contributed by atoms with Gasteiger partial charge in [0.25, 0.3) is 0 Å². The highest BCUT2D eigenvalue weighted by molar-refractivity contribution is 5.10. The SMILES string of the molecule is C=CCC1=CCCC1.C=CCC1CCCC1.CCCC1=CCCC1. The fourth-order valence-electron chi connectivity index (χ4n) is 3.88. The molecular formula is C24H40. The summed E-state index contributed by atoms with van der Waals surface area (Å²) in [5, 5.41) is 0. The molecule has 1 fully saturated rings. The van der Waals surface area contributed by atoms with Crippen molar-refractivity contribution in [1.29, 1.82) is 0 Å². The predicted molar refractivity (Wildman–Crippen MR) is 110 cm³/mol. The molecule has 0 spiro atoms. The van der Waals surface area contributed by atoms with Gasteiger partial charge in [-0.1, -0.05) is 74.5 Å². The Balaban J connectivity index is 0.000000180. The van der Waals surface area contributed by atoms with E-state index in [4.69, 9.17) is 0 Å². The van der Waals surface area contributed by atoms with Gasteiger partial charge in [-0.3, -0.25) is 0 Å². The first-order valence-corrected chi connectivity index (χ1v) is 10.4. The van der Waals surface area contributed by atoms with E-state index >= 15 is 0 Å². The Kier molecular flexibility index (Phi) is 12.5. The molecule has 0 amide bonds. The average Bonchev–Trinajstić information content (AvgIpc) is 3.33. The van der Waals surface area contributed by atoms with Crippen LogP contribution < -0.4 is 0 Å². The lowest BCUT2D eigenvalue weighted by Gasteiger charge is -2.00. The van der Waals surface area contributed by atoms with Gasteiger partial charge in [-0.05, 0) is 63.7 Å². The Bertz CT molecular complexity index is 390. The summed E-state index contributed by atoms with van der Waals surface area (Å²) in [4.78, 5) is 0. The van der Waals surface area contributed by atoms with Crippen molar-refractivity contribution in [3.63, 3.8) is 0 Å². The highest BCUT2D eigenvalue weighted by Crippen LogP contribution is 2.27. The molecule has 0 atom stereocenters. The highest BCUT2D eigenvalue weighted by atomic mass is 14.2. The maximum absolute atomic E-state index is 3.72. The van der Waals surface area contributed by atoms with Crippen LogP contribution in [0.1, 0.15) is 96.8 Å². The minimum absolute atomic E-state index is 0.993. The lowest BCUT2D eigenvalue weighted by Crippen LogP contribution is -1.87. The normalized spacial score (nSPS) is 19.5. The Morgan fingerprint density at radius 2 is 1.54 bits per heavy atom. The van der Waals surface area contributed by atoms with E-state index in [1.165, 1.54) is 83.5 Å². The van der Waals surface area contributed by atoms with E-state index in [9.17, 15) is 0 Å². The highest BCUT2D eigenvalue weighted by Gasteiger charge is 2.11. The summed E-state index contributed by atoms with van der Waals surface area (Å²) in [5.41, 5.74) is 3.28. The van der Waals surface area contributed by atoms with E-state index in [0.29, 0.717) is 0 Å². The van der Waals surface area contributed by atoms with Crippen molar-refractivity contribution < 1.29 is 0 Å². The fraction of sp³-hybridized carbons (Fsp3) is 0.667. The number of allylic oxidation sites excluding steroid dienone is 6. The summed E-state index contributed by atoms with van der Waals surface area (Å²) in [6, 6.07) is 0. The summed E-state index contributed by atoms with van der Waals surface area (Å²) in [5.74, 6) is 0.993. The first kappa shape index (κ1) is 21.0. The van der Waals surface area contributed by atoms with E-state index in [2.05, 4.69) is 38.3 Å². The molecule has 136 valence electrons. The van der Waals surface area contributed by atoms with Gasteiger partial charge in [0.15, 0.2) is 0 Å². The third-order valence-electron chi connectivity index (χ3n) is 5.22. The van der Waals surface area contributed by atoms with Crippen LogP contribution in [-0.4, -0.2) is 0 Å². The molecule has 0 N–H and O–H groups in total. The van der Waals surface area contributed by atoms with E-state index < -0.39 is 0 Å². The fourth-order valence-corrected chi connectivity index (χ4v) is 3.88. The quantitative estimate of drug-likeness (QED) is 0.430. The third-order valence-corrected chi connectivity index (χ3v) is 5.22. The van der Waals surface area contributed by atoms with Crippen molar-refractivity contribution in [2.45, 2.75) is 96.8 Å². The molecule has 0 aromatic carbocycles. The Hall–Kier alpha value is -1.04. The summed E-state index contributed by atoms with van der Waals surface area (Å²) < 4.78 is 0. The molecule has 0 heteroatoms. The predicted octanol–water partition coefficient (Wildman–Crippen LogP) is 8.32. The molecule has 24 heavy (non-hydrogen) atoms. The van der Waals surface area contributed by atoms with E-state index in [1.54, 1.807) is 11.1 Å². The zero-order chi connectivity index (χ0) is 17.5. The molecule has 3 rings (SSSR count). The first-order chi connectivity index (χ1) is 11.8. The molecule has 0 aromatic rings. The van der Waals surface area contributed by atoms with Gasteiger partial charge < -0.3 is 0 Å². The van der Waals surface area contributed by atoms with Crippen LogP contribution in [-0.2, 0) is 0 Å². The van der Waals surface area contributed by atoms with Crippen LogP contribution in [0.5, 0.6) is 0 Å². The molecule has 3 aliphatic rings. The monoisotopic (exact) mass is 328 g/mol. The van der Waals surface area contributed by atoms with Crippen molar-refractivity contribution in [1.82, 2.24) is 0 Å². The second-order valence-electron chi connectivity index (χ2n) is 7.43. The molecule has 0 saturated heterocycles. The molecule has 1 saturated carbocycles. The van der Waals surface area contributed by atoms with E-state index in [1.807, 2.05) is 6.08 Å². The van der Waals surface area contributed by atoms with Crippen LogP contribution in [0.2, 0.25) is 0 Å². The lowest BCUT2D eigenvalue weighted by atomic mass is 10.1. The molecule has 0 radical (unpaired) electrons. The zero-order valence-electron chi connectivity index (χ0n) is 16.2. The van der Waals surface area contributed by atoms with Gasteiger partial charge in [0.1, 0.15) is 0 Å².